The molecule has 4 nitrogen and oxygen atoms in total. The van der Waals surface area contributed by atoms with Gasteiger partial charge >= 0.3 is 0 Å². The lowest BCUT2D eigenvalue weighted by Gasteiger charge is -2.24. The summed E-state index contributed by atoms with van der Waals surface area (Å²) in [5, 5.41) is 13.1. The largest absolute Gasteiger partial charge is 0.497 e. The van der Waals surface area contributed by atoms with Gasteiger partial charge in [-0.3, -0.25) is 0 Å². The van der Waals surface area contributed by atoms with Gasteiger partial charge in [-0.05, 0) is 36.5 Å². The minimum absolute atomic E-state index is 0.0695. The minimum atomic E-state index is -0.0733. The number of aliphatic hydroxyl groups excluding tert-OH is 1. The third-order valence-corrected chi connectivity index (χ3v) is 3.63. The highest BCUT2D eigenvalue weighted by Gasteiger charge is 2.32. The summed E-state index contributed by atoms with van der Waals surface area (Å²) >= 11 is 0. The first-order chi connectivity index (χ1) is 9.28. The molecule has 0 aliphatic heterocycles. The Bertz CT molecular complexity index is 393. The molecule has 106 valence electrons. The Morgan fingerprint density at radius 1 is 1.37 bits per heavy atom. The van der Waals surface area contributed by atoms with E-state index in [2.05, 4.69) is 5.32 Å². The van der Waals surface area contributed by atoms with E-state index in [0.717, 1.165) is 11.3 Å². The molecule has 0 heterocycles. The molecule has 1 fully saturated rings. The van der Waals surface area contributed by atoms with Crippen LogP contribution in [-0.2, 0) is 4.74 Å². The summed E-state index contributed by atoms with van der Waals surface area (Å²) in [7, 11) is 3.37. The van der Waals surface area contributed by atoms with Gasteiger partial charge in [0.15, 0.2) is 0 Å². The van der Waals surface area contributed by atoms with Crippen molar-refractivity contribution in [3.63, 3.8) is 0 Å². The predicted molar refractivity (Wildman–Crippen MR) is 74.3 cm³/mol. The van der Waals surface area contributed by atoms with Crippen LogP contribution in [-0.4, -0.2) is 38.6 Å². The van der Waals surface area contributed by atoms with Gasteiger partial charge in [-0.2, -0.15) is 0 Å². The van der Waals surface area contributed by atoms with E-state index in [0.29, 0.717) is 18.6 Å². The minimum Gasteiger partial charge on any atom is -0.497 e. The number of nitrogens with one attached hydrogen (secondary N) is 1. The molecule has 0 saturated heterocycles. The molecule has 2 rings (SSSR count). The third-order valence-electron chi connectivity index (χ3n) is 3.63. The highest BCUT2D eigenvalue weighted by molar-refractivity contribution is 5.30. The summed E-state index contributed by atoms with van der Waals surface area (Å²) in [5.74, 6) is 1.49. The van der Waals surface area contributed by atoms with Gasteiger partial charge in [0.2, 0.25) is 0 Å². The van der Waals surface area contributed by atoms with Gasteiger partial charge in [0.05, 0.1) is 26.4 Å². The number of aliphatic hydroxyl groups is 1. The molecule has 2 unspecified atom stereocenters. The number of methoxy groups -OCH3 is 2. The second-order valence-electron chi connectivity index (χ2n) is 5.08. The van der Waals surface area contributed by atoms with Crippen LogP contribution in [0.25, 0.3) is 0 Å². The smallest absolute Gasteiger partial charge is 0.119 e. The highest BCUT2D eigenvalue weighted by atomic mass is 16.5. The molecule has 19 heavy (non-hydrogen) atoms. The first-order valence-corrected chi connectivity index (χ1v) is 6.78. The Hall–Kier alpha value is -1.10. The second kappa shape index (κ2) is 6.89. The lowest BCUT2D eigenvalue weighted by molar-refractivity contribution is 0.139. The van der Waals surface area contributed by atoms with E-state index in [1.54, 1.807) is 14.2 Å². The van der Waals surface area contributed by atoms with E-state index in [9.17, 15) is 5.11 Å². The van der Waals surface area contributed by atoms with Crippen molar-refractivity contribution < 1.29 is 14.6 Å². The van der Waals surface area contributed by atoms with E-state index in [1.807, 2.05) is 24.3 Å². The summed E-state index contributed by atoms with van der Waals surface area (Å²) < 4.78 is 10.5. The van der Waals surface area contributed by atoms with E-state index in [1.165, 1.54) is 12.8 Å². The molecule has 2 N–H and O–H groups in total. The standard InChI is InChI=1S/C15H23NO3/c1-18-10-15(11-6-7-11)16-14(9-17)12-4-3-5-13(8-12)19-2/h3-5,8,11,14-17H,6-7,9-10H2,1-2H3. The van der Waals surface area contributed by atoms with Crippen molar-refractivity contribution in [1.29, 1.82) is 0 Å². The molecule has 0 aromatic heterocycles. The summed E-state index contributed by atoms with van der Waals surface area (Å²) in [5.41, 5.74) is 1.05. The first kappa shape index (κ1) is 14.3. The van der Waals surface area contributed by atoms with E-state index < -0.39 is 0 Å². The van der Waals surface area contributed by atoms with Gasteiger partial charge in [-0.15, -0.1) is 0 Å². The quantitative estimate of drug-likeness (QED) is 0.752. The zero-order valence-electron chi connectivity index (χ0n) is 11.6. The molecule has 0 amide bonds. The average molecular weight is 265 g/mol. The van der Waals surface area contributed by atoms with Crippen LogP contribution in [0.15, 0.2) is 24.3 Å². The van der Waals surface area contributed by atoms with E-state index >= 15 is 0 Å². The number of hydrogen-bond acceptors (Lipinski definition) is 4. The van der Waals surface area contributed by atoms with Gasteiger partial charge in [-0.1, -0.05) is 12.1 Å². The van der Waals surface area contributed by atoms with Crippen LogP contribution in [0.4, 0.5) is 0 Å². The summed E-state index contributed by atoms with van der Waals surface area (Å²) in [6, 6.07) is 8.06. The first-order valence-electron chi connectivity index (χ1n) is 6.78. The zero-order valence-corrected chi connectivity index (χ0v) is 11.6. The van der Waals surface area contributed by atoms with Crippen LogP contribution in [0.2, 0.25) is 0 Å². The van der Waals surface area contributed by atoms with Crippen LogP contribution in [0, 0.1) is 5.92 Å². The Morgan fingerprint density at radius 3 is 2.74 bits per heavy atom. The molecular weight excluding hydrogens is 242 g/mol. The van der Waals surface area contributed by atoms with E-state index in [4.69, 9.17) is 9.47 Å². The predicted octanol–water partition coefficient (Wildman–Crippen LogP) is 1.74. The molecule has 1 aliphatic rings. The van der Waals surface area contributed by atoms with Crippen LogP contribution in [0.3, 0.4) is 0 Å². The van der Waals surface area contributed by atoms with Gasteiger partial charge in [0, 0.05) is 13.2 Å². The summed E-state index contributed by atoms with van der Waals surface area (Å²) in [4.78, 5) is 0. The monoisotopic (exact) mass is 265 g/mol. The Kier molecular flexibility index (Phi) is 5.19. The molecule has 1 aromatic carbocycles. The van der Waals surface area contributed by atoms with Gasteiger partial charge in [0.25, 0.3) is 0 Å². The maximum Gasteiger partial charge on any atom is 0.119 e. The molecule has 0 spiro atoms. The topological polar surface area (TPSA) is 50.7 Å². The lowest BCUT2D eigenvalue weighted by Crippen LogP contribution is -2.39. The number of benzene rings is 1. The summed E-state index contributed by atoms with van der Waals surface area (Å²) in [6.07, 6.45) is 2.49. The molecule has 1 aromatic rings. The maximum absolute atomic E-state index is 9.62. The van der Waals surface area contributed by atoms with E-state index in [-0.39, 0.29) is 12.6 Å². The third kappa shape index (κ3) is 3.93. The molecule has 0 bridgehead atoms. The fraction of sp³-hybridized carbons (Fsp3) is 0.600. The van der Waals surface area contributed by atoms with Crippen LogP contribution in [0.5, 0.6) is 5.75 Å². The average Bonchev–Trinajstić information content (AvgIpc) is 3.28. The molecule has 4 heteroatoms. The second-order valence-corrected chi connectivity index (χ2v) is 5.08. The molecular formula is C15H23NO3. The molecule has 0 radical (unpaired) electrons. The normalized spacial score (nSPS) is 18.1. The van der Waals surface area contributed by atoms with Crippen molar-refractivity contribution in [3.8, 4) is 5.75 Å². The highest BCUT2D eigenvalue weighted by Crippen LogP contribution is 2.34. The van der Waals surface area contributed by atoms with Gasteiger partial charge in [-0.25, -0.2) is 0 Å². The van der Waals surface area contributed by atoms with Crippen molar-refractivity contribution in [2.45, 2.75) is 24.9 Å². The van der Waals surface area contributed by atoms with Crippen molar-refractivity contribution in [1.82, 2.24) is 5.32 Å². The maximum atomic E-state index is 9.62. The van der Waals surface area contributed by atoms with Crippen LogP contribution < -0.4 is 10.1 Å². The Labute approximate surface area is 114 Å². The number of ether oxygens (including phenoxy) is 2. The number of rotatable bonds is 8. The number of hydrogen-bond donors (Lipinski definition) is 2. The van der Waals surface area contributed by atoms with Crippen LogP contribution in [0.1, 0.15) is 24.4 Å². The molecule has 1 aliphatic carbocycles. The van der Waals surface area contributed by atoms with Crippen molar-refractivity contribution >= 4 is 0 Å². The van der Waals surface area contributed by atoms with Crippen molar-refractivity contribution in [2.75, 3.05) is 27.4 Å². The zero-order chi connectivity index (χ0) is 13.7. The van der Waals surface area contributed by atoms with Crippen LogP contribution >= 0.6 is 0 Å². The van der Waals surface area contributed by atoms with Gasteiger partial charge in [0.1, 0.15) is 5.75 Å². The molecule has 1 saturated carbocycles. The summed E-state index contributed by atoms with van der Waals surface area (Å²) in [6.45, 7) is 0.755. The lowest BCUT2D eigenvalue weighted by atomic mass is 10.0. The fourth-order valence-electron chi connectivity index (χ4n) is 2.37. The Morgan fingerprint density at radius 2 is 2.16 bits per heavy atom. The Balaban J connectivity index is 2.05. The fourth-order valence-corrected chi connectivity index (χ4v) is 2.37. The van der Waals surface area contributed by atoms with Crippen molar-refractivity contribution in [2.24, 2.45) is 5.92 Å². The van der Waals surface area contributed by atoms with Gasteiger partial charge < -0.3 is 19.9 Å². The SMILES string of the molecule is COCC(NC(CO)c1cccc(OC)c1)C1CC1. The molecule has 2 atom stereocenters. The van der Waals surface area contributed by atoms with Crippen molar-refractivity contribution in [3.05, 3.63) is 29.8 Å².